The number of hydrogen-bond acceptors (Lipinski definition) is 4. The number of nitrogens with zero attached hydrogens (tertiary/aromatic N) is 1. The smallest absolute Gasteiger partial charge is 0.306 e. The first-order valence-corrected chi connectivity index (χ1v) is 10.3. The summed E-state index contributed by atoms with van der Waals surface area (Å²) in [6.07, 6.45) is 7.91. The molecule has 1 aromatic carbocycles. The van der Waals surface area contributed by atoms with Crippen LogP contribution in [0.25, 0.3) is 0 Å². The van der Waals surface area contributed by atoms with E-state index in [4.69, 9.17) is 0 Å². The third-order valence-corrected chi connectivity index (χ3v) is 7.31. The number of hydrogen-bond donors (Lipinski definition) is 2. The summed E-state index contributed by atoms with van der Waals surface area (Å²) in [7, 11) is 0. The van der Waals surface area contributed by atoms with Gasteiger partial charge in [-0.15, -0.1) is 0 Å². The molecule has 152 valence electrons. The van der Waals surface area contributed by atoms with Crippen molar-refractivity contribution in [1.29, 1.82) is 0 Å². The minimum Gasteiger partial charge on any atom is -0.324 e. The molecule has 28 heavy (non-hydrogen) atoms. The van der Waals surface area contributed by atoms with E-state index in [1.165, 1.54) is 44.6 Å². The third kappa shape index (κ3) is 3.52. The molecule has 0 spiro atoms. The van der Waals surface area contributed by atoms with Crippen LogP contribution in [0, 0.1) is 39.1 Å². The lowest BCUT2D eigenvalue weighted by atomic mass is 9.48. The molecular weight excluding hydrogens is 361 g/mol. The van der Waals surface area contributed by atoms with Crippen molar-refractivity contribution in [3.63, 3.8) is 0 Å². The molecule has 0 saturated heterocycles. The van der Waals surface area contributed by atoms with Gasteiger partial charge in [-0.25, -0.2) is 0 Å². The van der Waals surface area contributed by atoms with Crippen molar-refractivity contribution in [2.24, 2.45) is 23.2 Å². The fourth-order valence-electron chi connectivity index (χ4n) is 6.32. The second kappa shape index (κ2) is 7.10. The van der Waals surface area contributed by atoms with Crippen LogP contribution in [-0.2, 0) is 4.79 Å². The molecule has 0 heterocycles. The van der Waals surface area contributed by atoms with Crippen molar-refractivity contribution in [2.45, 2.75) is 64.5 Å². The van der Waals surface area contributed by atoms with Crippen LogP contribution in [0.3, 0.4) is 0 Å². The van der Waals surface area contributed by atoms with Crippen LogP contribution in [0.4, 0.5) is 15.8 Å². The molecule has 2 atom stereocenters. The van der Waals surface area contributed by atoms with Gasteiger partial charge in [0.05, 0.1) is 11.0 Å². The molecule has 2 N–H and O–H groups in total. The summed E-state index contributed by atoms with van der Waals surface area (Å²) < 4.78 is 13.5. The van der Waals surface area contributed by atoms with Gasteiger partial charge in [-0.05, 0) is 87.7 Å². The summed E-state index contributed by atoms with van der Waals surface area (Å²) in [6, 6.07) is 3.21. The van der Waals surface area contributed by atoms with E-state index < -0.39 is 22.5 Å². The van der Waals surface area contributed by atoms with Gasteiger partial charge in [-0.3, -0.25) is 14.9 Å². The predicted molar refractivity (Wildman–Crippen MR) is 104 cm³/mol. The molecule has 4 bridgehead atoms. The quantitative estimate of drug-likeness (QED) is 0.562. The Morgan fingerprint density at radius 2 is 1.75 bits per heavy atom. The summed E-state index contributed by atoms with van der Waals surface area (Å²) in [6.45, 7) is 4.00. The maximum Gasteiger partial charge on any atom is 0.306 e. The largest absolute Gasteiger partial charge is 0.324 e. The molecular formula is C21H28FN3O3. The number of rotatable bonds is 6. The Kier molecular flexibility index (Phi) is 4.89. The number of halogens is 1. The van der Waals surface area contributed by atoms with E-state index in [-0.39, 0.29) is 23.1 Å². The first-order valence-electron chi connectivity index (χ1n) is 10.3. The Hall–Kier alpha value is -2.02. The van der Waals surface area contributed by atoms with E-state index in [0.29, 0.717) is 0 Å². The summed E-state index contributed by atoms with van der Waals surface area (Å²) in [5.74, 6) is 1.36. The van der Waals surface area contributed by atoms with Gasteiger partial charge in [0.2, 0.25) is 11.7 Å². The highest BCUT2D eigenvalue weighted by atomic mass is 19.1. The number of benzene rings is 1. The van der Waals surface area contributed by atoms with Gasteiger partial charge in [-0.2, -0.15) is 4.39 Å². The van der Waals surface area contributed by atoms with Crippen molar-refractivity contribution >= 4 is 17.3 Å². The van der Waals surface area contributed by atoms with E-state index in [1.54, 1.807) is 0 Å². The van der Waals surface area contributed by atoms with Crippen LogP contribution < -0.4 is 10.6 Å². The van der Waals surface area contributed by atoms with Crippen molar-refractivity contribution < 1.29 is 14.1 Å². The Labute approximate surface area is 164 Å². The van der Waals surface area contributed by atoms with Crippen LogP contribution in [0.1, 0.15) is 52.4 Å². The van der Waals surface area contributed by atoms with Crippen molar-refractivity contribution in [3.8, 4) is 0 Å². The zero-order valence-corrected chi connectivity index (χ0v) is 16.4. The zero-order valence-electron chi connectivity index (χ0n) is 16.4. The maximum atomic E-state index is 13.5. The van der Waals surface area contributed by atoms with Crippen molar-refractivity contribution in [1.82, 2.24) is 5.32 Å². The number of carbonyl (C=O) groups excluding carboxylic acids is 1. The monoisotopic (exact) mass is 389 g/mol. The van der Waals surface area contributed by atoms with Crippen LogP contribution >= 0.6 is 0 Å². The molecule has 4 saturated carbocycles. The third-order valence-electron chi connectivity index (χ3n) is 7.31. The van der Waals surface area contributed by atoms with E-state index in [1.807, 2.05) is 6.92 Å². The van der Waals surface area contributed by atoms with Crippen LogP contribution in [0.15, 0.2) is 18.2 Å². The van der Waals surface area contributed by atoms with E-state index in [2.05, 4.69) is 17.6 Å². The highest BCUT2D eigenvalue weighted by Crippen LogP contribution is 2.61. The number of nitrogens with one attached hydrogen (secondary N) is 2. The summed E-state index contributed by atoms with van der Waals surface area (Å²) in [4.78, 5) is 22.7. The molecule has 6 nitrogen and oxygen atoms in total. The first kappa shape index (κ1) is 19.3. The molecule has 4 aliphatic rings. The number of nitro benzene ring substituents is 1. The number of anilines is 1. The molecule has 1 amide bonds. The van der Waals surface area contributed by atoms with E-state index in [0.717, 1.165) is 29.9 Å². The van der Waals surface area contributed by atoms with Crippen molar-refractivity contribution in [3.05, 3.63) is 34.1 Å². The minimum absolute atomic E-state index is 0.231. The Balaban J connectivity index is 1.40. The standard InChI is InChI=1S/C21H28FN3O3/c1-12(20(26)24-17-3-4-18(22)19(8-17)25(27)28)23-13(2)21-9-14-5-15(10-21)7-16(6-14)11-21/h3-4,8,12-16,23H,5-7,9-11H2,1-2H3,(H,24,26)/t12-,13-,14?,15?,16?,21?/m0/s1. The molecule has 0 radical (unpaired) electrons. The lowest BCUT2D eigenvalue weighted by Gasteiger charge is -2.59. The number of amides is 1. The molecule has 7 heteroatoms. The highest BCUT2D eigenvalue weighted by Gasteiger charge is 2.53. The fourth-order valence-corrected chi connectivity index (χ4v) is 6.32. The fraction of sp³-hybridized carbons (Fsp3) is 0.667. The topological polar surface area (TPSA) is 84.3 Å². The van der Waals surface area contributed by atoms with Gasteiger partial charge in [0.25, 0.3) is 0 Å². The lowest BCUT2D eigenvalue weighted by Crippen LogP contribution is -2.57. The molecule has 4 aliphatic carbocycles. The van der Waals surface area contributed by atoms with Crippen molar-refractivity contribution in [2.75, 3.05) is 5.32 Å². The average Bonchev–Trinajstić information content (AvgIpc) is 2.61. The number of nitro groups is 1. The highest BCUT2D eigenvalue weighted by molar-refractivity contribution is 5.94. The van der Waals surface area contributed by atoms with Crippen LogP contribution in [0.2, 0.25) is 0 Å². The Bertz CT molecular complexity index is 762. The van der Waals surface area contributed by atoms with E-state index in [9.17, 15) is 19.3 Å². The van der Waals surface area contributed by atoms with Gasteiger partial charge >= 0.3 is 5.69 Å². The van der Waals surface area contributed by atoms with Gasteiger partial charge in [0.15, 0.2) is 0 Å². The molecule has 5 rings (SSSR count). The van der Waals surface area contributed by atoms with Gasteiger partial charge in [0, 0.05) is 17.8 Å². The first-order chi connectivity index (χ1) is 13.3. The Morgan fingerprint density at radius 1 is 1.18 bits per heavy atom. The number of carbonyl (C=O) groups is 1. The van der Waals surface area contributed by atoms with E-state index >= 15 is 0 Å². The molecule has 0 aliphatic heterocycles. The van der Waals surface area contributed by atoms with Gasteiger partial charge in [0.1, 0.15) is 0 Å². The molecule has 0 aromatic heterocycles. The summed E-state index contributed by atoms with van der Waals surface area (Å²) in [5, 5.41) is 17.0. The van der Waals surface area contributed by atoms with Gasteiger partial charge < -0.3 is 10.6 Å². The van der Waals surface area contributed by atoms with Gasteiger partial charge in [-0.1, -0.05) is 0 Å². The lowest BCUT2D eigenvalue weighted by molar-refractivity contribution is -0.387. The summed E-state index contributed by atoms with van der Waals surface area (Å²) in [5.41, 5.74) is -0.118. The predicted octanol–water partition coefficient (Wildman–Crippen LogP) is 4.26. The second-order valence-electron chi connectivity index (χ2n) is 9.30. The van der Waals surface area contributed by atoms with Crippen LogP contribution in [0.5, 0.6) is 0 Å². The summed E-state index contributed by atoms with van der Waals surface area (Å²) >= 11 is 0. The zero-order chi connectivity index (χ0) is 20.1. The Morgan fingerprint density at radius 3 is 2.29 bits per heavy atom. The average molecular weight is 389 g/mol. The minimum atomic E-state index is -0.912. The maximum absolute atomic E-state index is 13.5. The molecule has 1 aromatic rings. The molecule has 0 unspecified atom stereocenters. The molecule has 4 fully saturated rings. The normalized spacial score (nSPS) is 32.8. The SMILES string of the molecule is C[C@H](N[C@@H](C)C12CC3CC(CC(C3)C1)C2)C(=O)Nc1ccc(F)c([N+](=O)[O-])c1. The van der Waals surface area contributed by atoms with Crippen LogP contribution in [-0.4, -0.2) is 22.9 Å². The second-order valence-corrected chi connectivity index (χ2v) is 9.30.